The smallest absolute Gasteiger partial charge is 0.410 e. The molecule has 1 saturated heterocycles. The van der Waals surface area contributed by atoms with Gasteiger partial charge in [-0.3, -0.25) is 4.68 Å². The standard InChI is InChI=1S/C16H24ClF2N3O4S/c1-16(2,3)26-15(23)22-8-6-5-7-10(22)9-27(24,25)12-11(14(18)19)20-21(4)13(12)17/h10,14H,5-9H2,1-4H3. The Balaban J connectivity index is 2.31. The molecule has 1 fully saturated rings. The molecule has 7 nitrogen and oxygen atoms in total. The number of hydrogen-bond acceptors (Lipinski definition) is 5. The van der Waals surface area contributed by atoms with E-state index in [4.69, 9.17) is 16.3 Å². The van der Waals surface area contributed by atoms with Crippen LogP contribution in [0.15, 0.2) is 4.90 Å². The highest BCUT2D eigenvalue weighted by molar-refractivity contribution is 7.91. The van der Waals surface area contributed by atoms with Crippen molar-refractivity contribution >= 4 is 27.5 Å². The van der Waals surface area contributed by atoms with Crippen molar-refractivity contribution in [1.82, 2.24) is 14.7 Å². The number of ether oxygens (including phenoxy) is 1. The minimum absolute atomic E-state index is 0.345. The molecule has 1 amide bonds. The minimum Gasteiger partial charge on any atom is -0.444 e. The molecule has 0 spiro atoms. The SMILES string of the molecule is Cn1nc(C(F)F)c(S(=O)(=O)CC2CCCCN2C(=O)OC(C)(C)C)c1Cl. The Morgan fingerprint density at radius 1 is 1.37 bits per heavy atom. The molecule has 2 rings (SSSR count). The van der Waals surface area contributed by atoms with Gasteiger partial charge in [-0.15, -0.1) is 0 Å². The summed E-state index contributed by atoms with van der Waals surface area (Å²) in [6, 6.07) is -0.680. The summed E-state index contributed by atoms with van der Waals surface area (Å²) in [5, 5.41) is 3.15. The van der Waals surface area contributed by atoms with Gasteiger partial charge in [0.25, 0.3) is 6.43 Å². The third kappa shape index (κ3) is 5.10. The summed E-state index contributed by atoms with van der Waals surface area (Å²) < 4.78 is 58.5. The maximum absolute atomic E-state index is 13.2. The Bertz CT molecular complexity index is 805. The lowest BCUT2D eigenvalue weighted by atomic mass is 10.0. The van der Waals surface area contributed by atoms with Crippen molar-refractivity contribution in [3.63, 3.8) is 0 Å². The van der Waals surface area contributed by atoms with Crippen molar-refractivity contribution in [3.8, 4) is 0 Å². The number of rotatable bonds is 4. The highest BCUT2D eigenvalue weighted by atomic mass is 35.5. The van der Waals surface area contributed by atoms with Crippen molar-refractivity contribution in [2.75, 3.05) is 12.3 Å². The first kappa shape index (κ1) is 21.9. The van der Waals surface area contributed by atoms with Crippen LogP contribution in [0.4, 0.5) is 13.6 Å². The molecule has 154 valence electrons. The fourth-order valence-electron chi connectivity index (χ4n) is 3.01. The molecule has 0 aromatic carbocycles. The topological polar surface area (TPSA) is 81.5 Å². The van der Waals surface area contributed by atoms with E-state index in [2.05, 4.69) is 5.10 Å². The average Bonchev–Trinajstić information content (AvgIpc) is 2.82. The molecule has 0 N–H and O–H groups in total. The van der Waals surface area contributed by atoms with Crippen LogP contribution in [0.1, 0.15) is 52.2 Å². The Kier molecular flexibility index (Phi) is 6.40. The molecule has 11 heteroatoms. The van der Waals surface area contributed by atoms with Crippen LogP contribution in [-0.4, -0.2) is 53.1 Å². The number of likely N-dealkylation sites (tertiary alicyclic amines) is 1. The van der Waals surface area contributed by atoms with Gasteiger partial charge >= 0.3 is 6.09 Å². The van der Waals surface area contributed by atoms with Gasteiger partial charge in [-0.25, -0.2) is 22.0 Å². The molecule has 1 aliphatic rings. The monoisotopic (exact) mass is 427 g/mol. The predicted octanol–water partition coefficient (Wildman–Crippen LogP) is 3.57. The van der Waals surface area contributed by atoms with Crippen molar-refractivity contribution in [3.05, 3.63) is 10.8 Å². The zero-order chi connectivity index (χ0) is 20.6. The van der Waals surface area contributed by atoms with Crippen LogP contribution in [0.25, 0.3) is 0 Å². The first-order chi connectivity index (χ1) is 12.3. The summed E-state index contributed by atoms with van der Waals surface area (Å²) in [5.41, 5.74) is -1.60. The zero-order valence-corrected chi connectivity index (χ0v) is 17.3. The van der Waals surface area contributed by atoms with Crippen molar-refractivity contribution < 1.29 is 26.7 Å². The highest BCUT2D eigenvalue weighted by Gasteiger charge is 2.38. The Labute approximate surface area is 162 Å². The lowest BCUT2D eigenvalue weighted by molar-refractivity contribution is 0.0124. The molecule has 1 aliphatic heterocycles. The van der Waals surface area contributed by atoms with Crippen molar-refractivity contribution in [2.45, 2.75) is 63.0 Å². The van der Waals surface area contributed by atoms with Gasteiger partial charge in [0.2, 0.25) is 0 Å². The number of carbonyl (C=O) groups is 1. The van der Waals surface area contributed by atoms with Gasteiger partial charge in [0.05, 0.1) is 5.75 Å². The molecule has 1 atom stereocenters. The second-order valence-corrected chi connectivity index (χ2v) is 9.86. The maximum atomic E-state index is 13.2. The Morgan fingerprint density at radius 3 is 2.56 bits per heavy atom. The summed E-state index contributed by atoms with van der Waals surface area (Å²) in [7, 11) is -2.91. The number of piperidine rings is 1. The van der Waals surface area contributed by atoms with E-state index in [1.54, 1.807) is 20.8 Å². The normalized spacial score (nSPS) is 18.8. The number of carbonyl (C=O) groups excluding carboxylic acids is 1. The van der Waals surface area contributed by atoms with Crippen LogP contribution in [0.3, 0.4) is 0 Å². The fourth-order valence-corrected chi connectivity index (χ4v) is 5.35. The van der Waals surface area contributed by atoms with E-state index in [1.165, 1.54) is 11.9 Å². The number of amides is 1. The number of sulfone groups is 1. The summed E-state index contributed by atoms with van der Waals surface area (Å²) in [6.07, 6.45) is -1.83. The van der Waals surface area contributed by atoms with Crippen LogP contribution in [-0.2, 0) is 21.6 Å². The van der Waals surface area contributed by atoms with Crippen LogP contribution in [0, 0.1) is 0 Å². The molecule has 2 heterocycles. The summed E-state index contributed by atoms with van der Waals surface area (Å²) in [5.74, 6) is -0.516. The van der Waals surface area contributed by atoms with E-state index in [-0.39, 0.29) is 5.15 Å². The summed E-state index contributed by atoms with van der Waals surface area (Å²) in [6.45, 7) is 5.48. The molecule has 27 heavy (non-hydrogen) atoms. The number of nitrogens with zero attached hydrogens (tertiary/aromatic N) is 3. The number of aryl methyl sites for hydroxylation is 1. The van der Waals surface area contributed by atoms with Gasteiger partial charge < -0.3 is 9.64 Å². The Hall–Kier alpha value is -1.42. The number of halogens is 3. The lowest BCUT2D eigenvalue weighted by Crippen LogP contribution is -2.49. The first-order valence-electron chi connectivity index (χ1n) is 8.56. The van der Waals surface area contributed by atoms with Gasteiger partial charge in [-0.2, -0.15) is 5.10 Å². The van der Waals surface area contributed by atoms with Gasteiger partial charge in [0, 0.05) is 19.6 Å². The van der Waals surface area contributed by atoms with Gasteiger partial charge in [-0.1, -0.05) is 11.6 Å². The lowest BCUT2D eigenvalue weighted by Gasteiger charge is -2.36. The number of hydrogen-bond donors (Lipinski definition) is 0. The zero-order valence-electron chi connectivity index (χ0n) is 15.7. The molecule has 0 bridgehead atoms. The second-order valence-electron chi connectivity index (χ2n) is 7.53. The third-order valence-electron chi connectivity index (χ3n) is 4.15. The molecular weight excluding hydrogens is 404 g/mol. The largest absolute Gasteiger partial charge is 0.444 e. The molecule has 0 radical (unpaired) electrons. The second kappa shape index (κ2) is 7.90. The van der Waals surface area contributed by atoms with E-state index < -0.39 is 50.3 Å². The van der Waals surface area contributed by atoms with Crippen molar-refractivity contribution in [1.29, 1.82) is 0 Å². The van der Waals surface area contributed by atoms with E-state index in [9.17, 15) is 22.0 Å². The van der Waals surface area contributed by atoms with Gasteiger partial charge in [-0.05, 0) is 40.0 Å². The van der Waals surface area contributed by atoms with Gasteiger partial charge in [0.15, 0.2) is 9.84 Å². The molecule has 0 aliphatic carbocycles. The van der Waals surface area contributed by atoms with Crippen LogP contribution in [0.5, 0.6) is 0 Å². The first-order valence-corrected chi connectivity index (χ1v) is 10.6. The van der Waals surface area contributed by atoms with E-state index in [1.807, 2.05) is 0 Å². The summed E-state index contributed by atoms with van der Waals surface area (Å²) in [4.78, 5) is 13.1. The molecular formula is C16H24ClF2N3O4S. The molecule has 0 saturated carbocycles. The average molecular weight is 428 g/mol. The summed E-state index contributed by atoms with van der Waals surface area (Å²) >= 11 is 5.93. The van der Waals surface area contributed by atoms with Crippen LogP contribution >= 0.6 is 11.6 Å². The molecule has 1 aromatic heterocycles. The third-order valence-corrected chi connectivity index (χ3v) is 6.54. The Morgan fingerprint density at radius 2 is 2.00 bits per heavy atom. The predicted molar refractivity (Wildman–Crippen MR) is 95.8 cm³/mol. The highest BCUT2D eigenvalue weighted by Crippen LogP contribution is 2.33. The fraction of sp³-hybridized carbons (Fsp3) is 0.750. The van der Waals surface area contributed by atoms with Crippen LogP contribution in [0.2, 0.25) is 5.15 Å². The van der Waals surface area contributed by atoms with E-state index in [0.717, 1.165) is 11.1 Å². The van der Waals surface area contributed by atoms with Crippen molar-refractivity contribution in [2.24, 2.45) is 7.05 Å². The number of aromatic nitrogens is 2. The molecule has 1 aromatic rings. The van der Waals surface area contributed by atoms with E-state index >= 15 is 0 Å². The quantitative estimate of drug-likeness (QED) is 0.733. The minimum atomic E-state index is -4.20. The van der Waals surface area contributed by atoms with E-state index in [0.29, 0.717) is 19.4 Å². The molecule has 1 unspecified atom stereocenters. The maximum Gasteiger partial charge on any atom is 0.410 e. The van der Waals surface area contributed by atoms with Crippen LogP contribution < -0.4 is 0 Å². The number of alkyl halides is 2. The van der Waals surface area contributed by atoms with Gasteiger partial charge in [0.1, 0.15) is 21.3 Å².